The van der Waals surface area contributed by atoms with Gasteiger partial charge >= 0.3 is 0 Å². The molecule has 176 valence electrons. The molecule has 0 saturated carbocycles. The first-order valence-corrected chi connectivity index (χ1v) is 11.7. The van der Waals surface area contributed by atoms with Gasteiger partial charge in [-0.3, -0.25) is 0 Å². The Morgan fingerprint density at radius 3 is 2.85 bits per heavy atom. The van der Waals surface area contributed by atoms with Gasteiger partial charge in [-0.2, -0.15) is 0 Å². The monoisotopic (exact) mass is 458 g/mol. The lowest BCUT2D eigenvalue weighted by molar-refractivity contribution is 0.00269. The summed E-state index contributed by atoms with van der Waals surface area (Å²) in [7, 11) is 1.70. The van der Waals surface area contributed by atoms with Crippen LogP contribution in [0.15, 0.2) is 71.8 Å². The van der Waals surface area contributed by atoms with Crippen LogP contribution in [0.5, 0.6) is 5.75 Å². The SMILES string of the molecule is COc1cc(C=C2CCCN3C2=NOC[C@H]3COCc2ccccc2)ccc1-n1cnc(C)c1. The summed E-state index contributed by atoms with van der Waals surface area (Å²) in [6.07, 6.45) is 8.01. The average Bonchev–Trinajstić information content (AvgIpc) is 3.31. The molecular weight excluding hydrogens is 428 g/mol. The van der Waals surface area contributed by atoms with Crippen molar-refractivity contribution in [1.29, 1.82) is 0 Å². The lowest BCUT2D eigenvalue weighted by Gasteiger charge is -2.39. The van der Waals surface area contributed by atoms with Crippen LogP contribution in [0.1, 0.15) is 29.7 Å². The van der Waals surface area contributed by atoms with Crippen molar-refractivity contribution < 1.29 is 14.3 Å². The third-order valence-electron chi connectivity index (χ3n) is 6.22. The smallest absolute Gasteiger partial charge is 0.171 e. The molecule has 3 heterocycles. The number of hydrogen-bond donors (Lipinski definition) is 0. The minimum atomic E-state index is 0.154. The van der Waals surface area contributed by atoms with E-state index in [4.69, 9.17) is 14.3 Å². The van der Waals surface area contributed by atoms with Crippen LogP contribution in [0.2, 0.25) is 0 Å². The molecule has 0 amide bonds. The number of piperidine rings is 1. The number of aryl methyl sites for hydroxylation is 1. The zero-order chi connectivity index (χ0) is 23.3. The minimum absolute atomic E-state index is 0.154. The summed E-state index contributed by atoms with van der Waals surface area (Å²) in [5.74, 6) is 1.72. The molecule has 1 atom stereocenters. The molecule has 1 fully saturated rings. The first kappa shape index (κ1) is 22.2. The van der Waals surface area contributed by atoms with Gasteiger partial charge in [0.25, 0.3) is 0 Å². The van der Waals surface area contributed by atoms with Gasteiger partial charge in [0, 0.05) is 12.7 Å². The molecular formula is C27H30N4O3. The molecule has 34 heavy (non-hydrogen) atoms. The van der Waals surface area contributed by atoms with Gasteiger partial charge in [-0.15, -0.1) is 0 Å². The molecule has 5 rings (SSSR count). The molecule has 0 aliphatic carbocycles. The standard InChI is InChI=1S/C27H30N4O3/c1-20-15-30(19-28-20)25-11-10-22(14-26(25)32-2)13-23-9-6-12-31-24(18-34-29-27(23)31)17-33-16-21-7-4-3-5-8-21/h3-5,7-8,10-11,13-15,19,24H,6,9,12,16-18H2,1-2H3/t24-/m1/s1. The Balaban J connectivity index is 1.31. The largest absolute Gasteiger partial charge is 0.495 e. The molecule has 2 aliphatic heterocycles. The highest BCUT2D eigenvalue weighted by atomic mass is 16.6. The minimum Gasteiger partial charge on any atom is -0.495 e. The van der Waals surface area contributed by atoms with E-state index in [0.717, 1.165) is 47.9 Å². The highest BCUT2D eigenvalue weighted by Gasteiger charge is 2.32. The highest BCUT2D eigenvalue weighted by Crippen LogP contribution is 2.29. The maximum atomic E-state index is 6.03. The fourth-order valence-electron chi connectivity index (χ4n) is 4.50. The second kappa shape index (κ2) is 10.1. The zero-order valence-electron chi connectivity index (χ0n) is 19.7. The predicted molar refractivity (Wildman–Crippen MR) is 132 cm³/mol. The Labute approximate surface area is 200 Å². The quantitative estimate of drug-likeness (QED) is 0.518. The molecule has 7 nitrogen and oxygen atoms in total. The summed E-state index contributed by atoms with van der Waals surface area (Å²) < 4.78 is 13.7. The summed E-state index contributed by atoms with van der Waals surface area (Å²) in [6.45, 7) is 4.68. The Morgan fingerprint density at radius 1 is 1.18 bits per heavy atom. The fraction of sp³-hybridized carbons (Fsp3) is 0.333. The summed E-state index contributed by atoms with van der Waals surface area (Å²) >= 11 is 0. The van der Waals surface area contributed by atoms with Crippen LogP contribution in [0.25, 0.3) is 11.8 Å². The molecule has 0 bridgehead atoms. The van der Waals surface area contributed by atoms with Crippen LogP contribution >= 0.6 is 0 Å². The number of amidine groups is 1. The van der Waals surface area contributed by atoms with Gasteiger partial charge in [-0.1, -0.05) is 41.6 Å². The first-order chi connectivity index (χ1) is 16.7. The van der Waals surface area contributed by atoms with Gasteiger partial charge in [0.2, 0.25) is 0 Å². The fourth-order valence-corrected chi connectivity index (χ4v) is 4.50. The number of benzene rings is 2. The van der Waals surface area contributed by atoms with Crippen LogP contribution in [-0.4, -0.2) is 53.2 Å². The number of nitrogens with zero attached hydrogens (tertiary/aromatic N) is 4. The van der Waals surface area contributed by atoms with E-state index in [9.17, 15) is 0 Å². The molecule has 2 aromatic carbocycles. The molecule has 1 aromatic heterocycles. The normalized spacial score (nSPS) is 18.9. The number of hydrogen-bond acceptors (Lipinski definition) is 6. The molecule has 2 aliphatic rings. The number of oxime groups is 1. The average molecular weight is 459 g/mol. The van der Waals surface area contributed by atoms with E-state index in [1.165, 1.54) is 11.1 Å². The van der Waals surface area contributed by atoms with Crippen molar-refractivity contribution in [2.45, 2.75) is 32.4 Å². The molecule has 3 aromatic rings. The van der Waals surface area contributed by atoms with Crippen molar-refractivity contribution in [3.8, 4) is 11.4 Å². The van der Waals surface area contributed by atoms with Crippen molar-refractivity contribution >= 4 is 11.9 Å². The number of rotatable bonds is 7. The van der Waals surface area contributed by atoms with Gasteiger partial charge in [0.15, 0.2) is 5.84 Å². The molecule has 0 N–H and O–H groups in total. The molecule has 0 radical (unpaired) electrons. The van der Waals surface area contributed by atoms with Crippen molar-refractivity contribution in [2.75, 3.05) is 26.9 Å². The van der Waals surface area contributed by atoms with Gasteiger partial charge in [0.05, 0.1) is 44.1 Å². The van der Waals surface area contributed by atoms with Gasteiger partial charge in [-0.05, 0) is 54.7 Å². The predicted octanol–water partition coefficient (Wildman–Crippen LogP) is 4.60. The van der Waals surface area contributed by atoms with E-state index in [-0.39, 0.29) is 6.04 Å². The lowest BCUT2D eigenvalue weighted by atomic mass is 9.98. The van der Waals surface area contributed by atoms with Gasteiger partial charge in [-0.25, -0.2) is 4.98 Å². The Kier molecular flexibility index (Phi) is 6.62. The summed E-state index contributed by atoms with van der Waals surface area (Å²) in [4.78, 5) is 12.3. The third-order valence-corrected chi connectivity index (χ3v) is 6.22. The van der Waals surface area contributed by atoms with E-state index >= 15 is 0 Å². The molecule has 0 spiro atoms. The Morgan fingerprint density at radius 2 is 2.06 bits per heavy atom. The van der Waals surface area contributed by atoms with E-state index in [0.29, 0.717) is 19.8 Å². The number of fused-ring (bicyclic) bond motifs is 1. The molecule has 0 unspecified atom stereocenters. The maximum absolute atomic E-state index is 6.03. The topological polar surface area (TPSA) is 61.1 Å². The molecule has 7 heteroatoms. The third kappa shape index (κ3) is 4.84. The zero-order valence-corrected chi connectivity index (χ0v) is 19.7. The van der Waals surface area contributed by atoms with Gasteiger partial charge < -0.3 is 23.8 Å². The second-order valence-corrected chi connectivity index (χ2v) is 8.69. The van der Waals surface area contributed by atoms with E-state index < -0.39 is 0 Å². The number of imidazole rings is 1. The highest BCUT2D eigenvalue weighted by molar-refractivity contribution is 6.02. The van der Waals surface area contributed by atoms with E-state index in [1.54, 1.807) is 13.4 Å². The number of methoxy groups -OCH3 is 1. The summed E-state index contributed by atoms with van der Waals surface area (Å²) in [5.41, 5.74) is 5.35. The van der Waals surface area contributed by atoms with Crippen LogP contribution in [0, 0.1) is 6.92 Å². The Bertz CT molecular complexity index is 1190. The summed E-state index contributed by atoms with van der Waals surface area (Å²) in [5, 5.41) is 4.43. The van der Waals surface area contributed by atoms with E-state index in [2.05, 4.69) is 51.4 Å². The number of ether oxygens (including phenoxy) is 2. The first-order valence-electron chi connectivity index (χ1n) is 11.7. The van der Waals surface area contributed by atoms with Crippen LogP contribution in [0.4, 0.5) is 0 Å². The second-order valence-electron chi connectivity index (χ2n) is 8.69. The van der Waals surface area contributed by atoms with Crippen molar-refractivity contribution in [3.05, 3.63) is 83.4 Å². The summed E-state index contributed by atoms with van der Waals surface area (Å²) in [6, 6.07) is 16.6. The Hall–Kier alpha value is -3.58. The van der Waals surface area contributed by atoms with Gasteiger partial charge in [0.1, 0.15) is 12.4 Å². The van der Waals surface area contributed by atoms with Crippen molar-refractivity contribution in [2.24, 2.45) is 5.16 Å². The lowest BCUT2D eigenvalue weighted by Crippen LogP contribution is -2.51. The van der Waals surface area contributed by atoms with Crippen LogP contribution in [-0.2, 0) is 16.2 Å². The maximum Gasteiger partial charge on any atom is 0.171 e. The van der Waals surface area contributed by atoms with Crippen molar-refractivity contribution in [1.82, 2.24) is 14.5 Å². The van der Waals surface area contributed by atoms with Crippen LogP contribution in [0.3, 0.4) is 0 Å². The van der Waals surface area contributed by atoms with Crippen LogP contribution < -0.4 is 4.74 Å². The number of aromatic nitrogens is 2. The van der Waals surface area contributed by atoms with E-state index in [1.807, 2.05) is 35.9 Å². The van der Waals surface area contributed by atoms with Crippen molar-refractivity contribution in [3.63, 3.8) is 0 Å². The molecule has 1 saturated heterocycles.